The van der Waals surface area contributed by atoms with Crippen LogP contribution in [0, 0.1) is 12.8 Å². The van der Waals surface area contributed by atoms with Gasteiger partial charge in [-0.1, -0.05) is 37.3 Å². The third-order valence-corrected chi connectivity index (χ3v) is 6.88. The van der Waals surface area contributed by atoms with Crippen molar-refractivity contribution in [3.63, 3.8) is 0 Å². The average Bonchev–Trinajstić information content (AvgIpc) is 3.42. The van der Waals surface area contributed by atoms with Crippen molar-refractivity contribution in [2.45, 2.75) is 39.3 Å². The quantitative estimate of drug-likeness (QED) is 0.616. The van der Waals surface area contributed by atoms with Gasteiger partial charge in [-0.15, -0.1) is 11.3 Å². The van der Waals surface area contributed by atoms with Gasteiger partial charge in [0, 0.05) is 42.2 Å². The minimum Gasteiger partial charge on any atom is -0.354 e. The highest BCUT2D eigenvalue weighted by Gasteiger charge is 2.33. The van der Waals surface area contributed by atoms with E-state index in [1.807, 2.05) is 47.7 Å². The lowest BCUT2D eigenvalue weighted by Gasteiger charge is -2.37. The van der Waals surface area contributed by atoms with Crippen LogP contribution in [0.15, 0.2) is 54.0 Å². The number of thiophene rings is 1. The number of benzene rings is 1. The molecule has 0 radical (unpaired) electrons. The van der Waals surface area contributed by atoms with Crippen LogP contribution >= 0.6 is 11.3 Å². The van der Waals surface area contributed by atoms with Crippen LogP contribution in [0.1, 0.15) is 41.1 Å². The molecule has 0 fully saturated rings. The van der Waals surface area contributed by atoms with E-state index in [0.717, 1.165) is 17.7 Å². The Morgan fingerprint density at radius 1 is 1.23 bits per heavy atom. The van der Waals surface area contributed by atoms with E-state index in [1.54, 1.807) is 17.5 Å². The molecule has 0 aliphatic carbocycles. The standard InChI is InChI=1S/C24H28N4O2S/c1-17(24(30)25-12-14-28-18(2)8-11-26-28)16-22(29)27-13-9-21-20(10-15-31-21)23(27)19-6-4-3-5-7-19/h3-8,10-11,15,17,23H,9,12-14,16H2,1-2H3,(H,25,30). The molecule has 3 heterocycles. The first-order valence-electron chi connectivity index (χ1n) is 10.7. The molecule has 2 amide bonds. The molecule has 1 aliphatic rings. The van der Waals surface area contributed by atoms with Crippen LogP contribution in [0.4, 0.5) is 0 Å². The molecule has 6 nitrogen and oxygen atoms in total. The van der Waals surface area contributed by atoms with Crippen LogP contribution in [-0.4, -0.2) is 39.6 Å². The molecule has 1 aliphatic heterocycles. The Morgan fingerprint density at radius 3 is 2.77 bits per heavy atom. The SMILES string of the molecule is Cc1ccnn1CCNC(=O)C(C)CC(=O)N1CCc2sccc2C1c1ccccc1. The molecule has 4 rings (SSSR count). The van der Waals surface area contributed by atoms with Crippen LogP contribution < -0.4 is 5.32 Å². The topological polar surface area (TPSA) is 67.2 Å². The van der Waals surface area contributed by atoms with Gasteiger partial charge in [-0.2, -0.15) is 5.10 Å². The van der Waals surface area contributed by atoms with Crippen molar-refractivity contribution in [1.82, 2.24) is 20.0 Å². The van der Waals surface area contributed by atoms with E-state index in [9.17, 15) is 9.59 Å². The minimum absolute atomic E-state index is 0.0243. The summed E-state index contributed by atoms with van der Waals surface area (Å²) in [6, 6.07) is 14.1. The second-order valence-corrected chi connectivity index (χ2v) is 9.04. The van der Waals surface area contributed by atoms with E-state index in [4.69, 9.17) is 0 Å². The summed E-state index contributed by atoms with van der Waals surface area (Å²) in [5.74, 6) is -0.453. The average molecular weight is 437 g/mol. The molecular formula is C24H28N4O2S. The zero-order valence-corrected chi connectivity index (χ0v) is 18.8. The Bertz CT molecular complexity index is 1040. The summed E-state index contributed by atoms with van der Waals surface area (Å²) in [6.45, 7) is 5.60. The molecule has 0 bridgehead atoms. The Balaban J connectivity index is 1.39. The normalized spacial score (nSPS) is 16.6. The van der Waals surface area contributed by atoms with Crippen LogP contribution in [0.25, 0.3) is 0 Å². The monoisotopic (exact) mass is 436 g/mol. The van der Waals surface area contributed by atoms with E-state index >= 15 is 0 Å². The maximum atomic E-state index is 13.3. The number of amides is 2. The Hall–Kier alpha value is -2.93. The number of hydrogen-bond acceptors (Lipinski definition) is 4. The van der Waals surface area contributed by atoms with Gasteiger partial charge < -0.3 is 10.2 Å². The number of fused-ring (bicyclic) bond motifs is 1. The van der Waals surface area contributed by atoms with E-state index in [2.05, 4.69) is 34.0 Å². The molecule has 2 atom stereocenters. The lowest BCUT2D eigenvalue weighted by atomic mass is 9.92. The van der Waals surface area contributed by atoms with Crippen molar-refractivity contribution in [3.05, 3.63) is 75.7 Å². The highest BCUT2D eigenvalue weighted by Crippen LogP contribution is 2.38. The first-order valence-corrected chi connectivity index (χ1v) is 11.6. The number of nitrogens with one attached hydrogen (secondary N) is 1. The first kappa shape index (κ1) is 21.3. The molecule has 31 heavy (non-hydrogen) atoms. The largest absolute Gasteiger partial charge is 0.354 e. The van der Waals surface area contributed by atoms with Crippen LogP contribution in [0.3, 0.4) is 0 Å². The molecule has 1 aromatic carbocycles. The summed E-state index contributed by atoms with van der Waals surface area (Å²) in [4.78, 5) is 29.1. The van der Waals surface area contributed by atoms with Gasteiger partial charge in [0.25, 0.3) is 0 Å². The predicted octanol–water partition coefficient (Wildman–Crippen LogP) is 3.57. The van der Waals surface area contributed by atoms with Crippen molar-refractivity contribution >= 4 is 23.2 Å². The van der Waals surface area contributed by atoms with Gasteiger partial charge in [-0.25, -0.2) is 0 Å². The summed E-state index contributed by atoms with van der Waals surface area (Å²) in [6.07, 6.45) is 2.82. The number of rotatable bonds is 7. The lowest BCUT2D eigenvalue weighted by Crippen LogP contribution is -2.42. The van der Waals surface area contributed by atoms with Crippen LogP contribution in [0.5, 0.6) is 0 Å². The molecule has 2 unspecified atom stereocenters. The molecular weight excluding hydrogens is 408 g/mol. The van der Waals surface area contributed by atoms with E-state index in [-0.39, 0.29) is 30.2 Å². The number of hydrogen-bond donors (Lipinski definition) is 1. The van der Waals surface area contributed by atoms with Crippen molar-refractivity contribution < 1.29 is 9.59 Å². The van der Waals surface area contributed by atoms with E-state index < -0.39 is 0 Å². The number of aromatic nitrogens is 2. The number of aryl methyl sites for hydroxylation is 1. The van der Waals surface area contributed by atoms with Crippen molar-refractivity contribution in [1.29, 1.82) is 0 Å². The number of carbonyl (C=O) groups is 2. The molecule has 2 aromatic heterocycles. The van der Waals surface area contributed by atoms with Gasteiger partial charge in [-0.3, -0.25) is 14.3 Å². The molecule has 7 heteroatoms. The maximum absolute atomic E-state index is 13.3. The van der Waals surface area contributed by atoms with Crippen molar-refractivity contribution in [2.75, 3.05) is 13.1 Å². The molecule has 0 saturated heterocycles. The van der Waals surface area contributed by atoms with Gasteiger partial charge >= 0.3 is 0 Å². The fourth-order valence-electron chi connectivity index (χ4n) is 4.14. The second-order valence-electron chi connectivity index (χ2n) is 8.04. The highest BCUT2D eigenvalue weighted by molar-refractivity contribution is 7.10. The lowest BCUT2D eigenvalue weighted by molar-refractivity contribution is -0.137. The summed E-state index contributed by atoms with van der Waals surface area (Å²) in [7, 11) is 0. The van der Waals surface area contributed by atoms with Gasteiger partial charge in [0.15, 0.2) is 0 Å². The zero-order valence-electron chi connectivity index (χ0n) is 18.0. The molecule has 0 saturated carbocycles. The van der Waals surface area contributed by atoms with Gasteiger partial charge in [0.05, 0.1) is 12.6 Å². The van der Waals surface area contributed by atoms with Crippen molar-refractivity contribution in [3.8, 4) is 0 Å². The summed E-state index contributed by atoms with van der Waals surface area (Å²) >= 11 is 1.76. The first-order chi connectivity index (χ1) is 15.0. The molecule has 0 spiro atoms. The van der Waals surface area contributed by atoms with Crippen molar-refractivity contribution in [2.24, 2.45) is 5.92 Å². The predicted molar refractivity (Wildman–Crippen MR) is 122 cm³/mol. The Kier molecular flexibility index (Phi) is 6.51. The summed E-state index contributed by atoms with van der Waals surface area (Å²) < 4.78 is 1.85. The fraction of sp³-hybridized carbons (Fsp3) is 0.375. The third-order valence-electron chi connectivity index (χ3n) is 5.88. The van der Waals surface area contributed by atoms with Gasteiger partial charge in [0.1, 0.15) is 0 Å². The fourth-order valence-corrected chi connectivity index (χ4v) is 5.05. The second kappa shape index (κ2) is 9.47. The molecule has 1 N–H and O–H groups in total. The zero-order chi connectivity index (χ0) is 21.8. The van der Waals surface area contributed by atoms with Crippen LogP contribution in [-0.2, 0) is 22.6 Å². The van der Waals surface area contributed by atoms with Gasteiger partial charge in [-0.05, 0) is 42.0 Å². The van der Waals surface area contributed by atoms with E-state index in [1.165, 1.54) is 10.4 Å². The smallest absolute Gasteiger partial charge is 0.224 e. The number of nitrogens with zero attached hydrogens (tertiary/aromatic N) is 3. The maximum Gasteiger partial charge on any atom is 0.224 e. The molecule has 162 valence electrons. The summed E-state index contributed by atoms with van der Waals surface area (Å²) in [5.41, 5.74) is 3.38. The molecule has 3 aromatic rings. The summed E-state index contributed by atoms with van der Waals surface area (Å²) in [5, 5.41) is 9.27. The Labute approximate surface area is 186 Å². The van der Waals surface area contributed by atoms with Crippen LogP contribution in [0.2, 0.25) is 0 Å². The third kappa shape index (κ3) is 4.71. The highest BCUT2D eigenvalue weighted by atomic mass is 32.1. The Morgan fingerprint density at radius 2 is 2.03 bits per heavy atom. The van der Waals surface area contributed by atoms with E-state index in [0.29, 0.717) is 19.6 Å². The minimum atomic E-state index is -0.383. The van der Waals surface area contributed by atoms with Gasteiger partial charge in [0.2, 0.25) is 11.8 Å². The number of carbonyl (C=O) groups excluding carboxylic acids is 2.